The minimum Gasteiger partial charge on any atom is -0.389 e. The van der Waals surface area contributed by atoms with E-state index < -0.39 is 22.8 Å². The molecule has 2 heterocycles. The van der Waals surface area contributed by atoms with Crippen molar-refractivity contribution in [1.29, 1.82) is 0 Å². The zero-order chi connectivity index (χ0) is 17.2. The predicted molar refractivity (Wildman–Crippen MR) is 83.4 cm³/mol. The van der Waals surface area contributed by atoms with Gasteiger partial charge in [0.05, 0.1) is 5.60 Å². The van der Waals surface area contributed by atoms with Crippen molar-refractivity contribution in [2.24, 2.45) is 13.0 Å². The predicted octanol–water partition coefficient (Wildman–Crippen LogP) is -0.677. The first-order chi connectivity index (χ1) is 10.8. The van der Waals surface area contributed by atoms with Gasteiger partial charge in [-0.25, -0.2) is 4.79 Å². The molecular formula is C15H23N3O5. The molecular weight excluding hydrogens is 302 g/mol. The lowest BCUT2D eigenvalue weighted by atomic mass is 9.79. The Kier molecular flexibility index (Phi) is 5.06. The maximum atomic E-state index is 12.5. The quantitative estimate of drug-likeness (QED) is 0.763. The molecule has 128 valence electrons. The van der Waals surface area contributed by atoms with Gasteiger partial charge in [0.1, 0.15) is 5.56 Å². The van der Waals surface area contributed by atoms with Crippen molar-refractivity contribution >= 4 is 5.91 Å². The minimum atomic E-state index is -0.872. The smallest absolute Gasteiger partial charge is 0.328 e. The van der Waals surface area contributed by atoms with Crippen molar-refractivity contribution in [2.45, 2.75) is 25.4 Å². The molecule has 1 aromatic rings. The van der Waals surface area contributed by atoms with Crippen LogP contribution in [-0.4, -0.2) is 57.9 Å². The summed E-state index contributed by atoms with van der Waals surface area (Å²) in [6.45, 7) is 3.03. The van der Waals surface area contributed by atoms with Gasteiger partial charge in [0.25, 0.3) is 11.5 Å². The highest BCUT2D eigenvalue weighted by atomic mass is 16.5. The number of rotatable bonds is 4. The van der Waals surface area contributed by atoms with E-state index in [0.29, 0.717) is 32.5 Å². The van der Waals surface area contributed by atoms with E-state index in [2.05, 4.69) is 4.98 Å². The van der Waals surface area contributed by atoms with Gasteiger partial charge in [0.15, 0.2) is 0 Å². The number of hydrogen-bond donors (Lipinski definition) is 2. The van der Waals surface area contributed by atoms with E-state index in [9.17, 15) is 19.5 Å². The maximum absolute atomic E-state index is 12.5. The van der Waals surface area contributed by atoms with E-state index in [1.54, 1.807) is 12.0 Å². The van der Waals surface area contributed by atoms with Gasteiger partial charge in [0.2, 0.25) is 0 Å². The van der Waals surface area contributed by atoms with Gasteiger partial charge in [0, 0.05) is 46.0 Å². The lowest BCUT2D eigenvalue weighted by Crippen LogP contribution is -2.53. The first-order valence-corrected chi connectivity index (χ1v) is 7.59. The van der Waals surface area contributed by atoms with Crippen LogP contribution in [-0.2, 0) is 11.8 Å². The number of likely N-dealkylation sites (tertiary alicyclic amines) is 1. The van der Waals surface area contributed by atoms with Gasteiger partial charge < -0.3 is 19.3 Å². The molecule has 0 spiro atoms. The molecule has 2 atom stereocenters. The number of aromatic nitrogens is 2. The van der Waals surface area contributed by atoms with Crippen LogP contribution < -0.4 is 11.2 Å². The van der Waals surface area contributed by atoms with Crippen LogP contribution >= 0.6 is 0 Å². The summed E-state index contributed by atoms with van der Waals surface area (Å²) in [5.41, 5.74) is -2.19. The van der Waals surface area contributed by atoms with E-state index in [1.165, 1.54) is 13.2 Å². The van der Waals surface area contributed by atoms with Crippen LogP contribution in [0, 0.1) is 5.92 Å². The highest BCUT2D eigenvalue weighted by molar-refractivity contribution is 5.93. The van der Waals surface area contributed by atoms with E-state index in [-0.39, 0.29) is 11.5 Å². The summed E-state index contributed by atoms with van der Waals surface area (Å²) < 4.78 is 6.19. The van der Waals surface area contributed by atoms with Gasteiger partial charge >= 0.3 is 5.69 Å². The Balaban J connectivity index is 2.16. The Bertz CT molecular complexity index is 695. The number of aryl methyl sites for hydroxylation is 1. The summed E-state index contributed by atoms with van der Waals surface area (Å²) in [6, 6.07) is 0. The van der Waals surface area contributed by atoms with Crippen LogP contribution in [0.2, 0.25) is 0 Å². The summed E-state index contributed by atoms with van der Waals surface area (Å²) >= 11 is 0. The van der Waals surface area contributed by atoms with Crippen molar-refractivity contribution in [3.05, 3.63) is 32.6 Å². The molecule has 1 aromatic heterocycles. The standard InChI is InChI=1S/C15H23N3O5/c1-10-8-18(6-4-15(10,22)5-7-23-3)13(20)11-9-17(2)14(21)16-12(11)19/h9-10,22H,4-8H2,1-3H3,(H,16,19,21)/t10-,15-/m1/s1. The molecule has 0 saturated carbocycles. The second-order valence-corrected chi connectivity index (χ2v) is 6.16. The largest absolute Gasteiger partial charge is 0.389 e. The highest BCUT2D eigenvalue weighted by Crippen LogP contribution is 2.31. The van der Waals surface area contributed by atoms with Crippen LogP contribution in [0.25, 0.3) is 0 Å². The topological polar surface area (TPSA) is 105 Å². The number of nitrogens with one attached hydrogen (secondary N) is 1. The Hall–Kier alpha value is -1.93. The zero-order valence-corrected chi connectivity index (χ0v) is 13.7. The fourth-order valence-electron chi connectivity index (χ4n) is 2.89. The highest BCUT2D eigenvalue weighted by Gasteiger charge is 2.40. The number of H-pyrrole nitrogens is 1. The molecule has 8 nitrogen and oxygen atoms in total. The van der Waals surface area contributed by atoms with Crippen LogP contribution in [0.5, 0.6) is 0 Å². The number of nitrogens with zero attached hydrogens (tertiary/aromatic N) is 2. The Morgan fingerprint density at radius 1 is 1.52 bits per heavy atom. The summed E-state index contributed by atoms with van der Waals surface area (Å²) in [5.74, 6) is -0.565. The lowest BCUT2D eigenvalue weighted by Gasteiger charge is -2.43. The Morgan fingerprint density at radius 3 is 2.83 bits per heavy atom. The molecule has 2 N–H and O–H groups in total. The number of carbonyl (C=O) groups excluding carboxylic acids is 1. The third-order valence-corrected chi connectivity index (χ3v) is 4.59. The maximum Gasteiger partial charge on any atom is 0.328 e. The number of ether oxygens (including phenoxy) is 1. The molecule has 1 amide bonds. The SMILES string of the molecule is COCC[C@]1(O)CCN(C(=O)c2cn(C)c(=O)[nH]c2=O)C[C@H]1C. The number of aromatic amines is 1. The first-order valence-electron chi connectivity index (χ1n) is 7.59. The number of hydrogen-bond acceptors (Lipinski definition) is 5. The Labute approximate surface area is 133 Å². The van der Waals surface area contributed by atoms with Gasteiger partial charge in [-0.1, -0.05) is 6.92 Å². The van der Waals surface area contributed by atoms with Gasteiger partial charge in [-0.2, -0.15) is 0 Å². The monoisotopic (exact) mass is 325 g/mol. The molecule has 0 unspecified atom stereocenters. The average molecular weight is 325 g/mol. The lowest BCUT2D eigenvalue weighted by molar-refractivity contribution is -0.0750. The van der Waals surface area contributed by atoms with E-state index in [4.69, 9.17) is 4.74 Å². The summed E-state index contributed by atoms with van der Waals surface area (Å²) in [4.78, 5) is 39.4. The molecule has 0 radical (unpaired) electrons. The van der Waals surface area contributed by atoms with Crippen LogP contribution in [0.15, 0.2) is 15.8 Å². The van der Waals surface area contributed by atoms with Crippen molar-refractivity contribution in [3.8, 4) is 0 Å². The molecule has 0 aromatic carbocycles. The van der Waals surface area contributed by atoms with E-state index in [0.717, 1.165) is 4.57 Å². The van der Waals surface area contributed by atoms with Gasteiger partial charge in [-0.05, 0) is 12.8 Å². The van der Waals surface area contributed by atoms with Crippen molar-refractivity contribution in [2.75, 3.05) is 26.8 Å². The van der Waals surface area contributed by atoms with Crippen molar-refractivity contribution in [1.82, 2.24) is 14.5 Å². The van der Waals surface area contributed by atoms with E-state index >= 15 is 0 Å². The van der Waals surface area contributed by atoms with Crippen LogP contribution in [0.4, 0.5) is 0 Å². The van der Waals surface area contributed by atoms with Gasteiger partial charge in [-0.15, -0.1) is 0 Å². The van der Waals surface area contributed by atoms with Crippen molar-refractivity contribution in [3.63, 3.8) is 0 Å². The average Bonchev–Trinajstić information content (AvgIpc) is 2.51. The molecule has 2 rings (SSSR count). The summed E-state index contributed by atoms with van der Waals surface area (Å²) in [5, 5.41) is 10.6. The number of piperidine rings is 1. The minimum absolute atomic E-state index is 0.0679. The molecule has 1 aliphatic heterocycles. The molecule has 1 saturated heterocycles. The summed E-state index contributed by atoms with van der Waals surface area (Å²) in [7, 11) is 3.05. The molecule has 23 heavy (non-hydrogen) atoms. The van der Waals surface area contributed by atoms with E-state index in [1.807, 2.05) is 6.92 Å². The number of aliphatic hydroxyl groups is 1. The molecule has 0 bridgehead atoms. The third kappa shape index (κ3) is 3.53. The molecule has 0 aliphatic carbocycles. The second-order valence-electron chi connectivity index (χ2n) is 6.16. The number of amides is 1. The number of methoxy groups -OCH3 is 1. The fraction of sp³-hybridized carbons (Fsp3) is 0.667. The summed E-state index contributed by atoms with van der Waals surface area (Å²) in [6.07, 6.45) is 2.18. The molecule has 1 aliphatic rings. The van der Waals surface area contributed by atoms with Crippen LogP contribution in [0.3, 0.4) is 0 Å². The normalized spacial score (nSPS) is 24.7. The second kappa shape index (κ2) is 6.67. The first kappa shape index (κ1) is 17.4. The molecule has 8 heteroatoms. The zero-order valence-electron chi connectivity index (χ0n) is 13.7. The third-order valence-electron chi connectivity index (χ3n) is 4.59. The fourth-order valence-corrected chi connectivity index (χ4v) is 2.89. The Morgan fingerprint density at radius 2 is 2.22 bits per heavy atom. The van der Waals surface area contributed by atoms with Gasteiger partial charge in [-0.3, -0.25) is 14.6 Å². The van der Waals surface area contributed by atoms with Crippen molar-refractivity contribution < 1.29 is 14.6 Å². The number of carbonyl (C=O) groups is 1. The van der Waals surface area contributed by atoms with Crippen LogP contribution in [0.1, 0.15) is 30.1 Å². The molecule has 1 fully saturated rings.